The highest BCUT2D eigenvalue weighted by Gasteiger charge is 2.10. The molecule has 0 aliphatic heterocycles. The zero-order valence-corrected chi connectivity index (χ0v) is 8.32. The van der Waals surface area contributed by atoms with Gasteiger partial charge in [-0.25, -0.2) is 0 Å². The highest BCUT2D eigenvalue weighted by atomic mass is 35.5. The molecule has 13 heavy (non-hydrogen) atoms. The maximum Gasteiger partial charge on any atom is 0.252 e. The van der Waals surface area contributed by atoms with Crippen molar-refractivity contribution in [1.29, 1.82) is 0 Å². The lowest BCUT2D eigenvalue weighted by molar-refractivity contribution is 0.0958. The molecule has 0 fully saturated rings. The van der Waals surface area contributed by atoms with Crippen LogP contribution in [0.25, 0.3) is 0 Å². The number of hydrogen-bond acceptors (Lipinski definition) is 1. The zero-order chi connectivity index (χ0) is 9.84. The zero-order valence-electron chi connectivity index (χ0n) is 6.81. The van der Waals surface area contributed by atoms with Crippen molar-refractivity contribution in [2.45, 2.75) is 0 Å². The largest absolute Gasteiger partial charge is 0.352 e. The van der Waals surface area contributed by atoms with Gasteiger partial charge in [0.25, 0.3) is 5.91 Å². The van der Waals surface area contributed by atoms with E-state index in [0.29, 0.717) is 17.1 Å². The molecule has 1 aromatic carbocycles. The standard InChI is InChI=1S/C9H8Cl2NO/c1-2-12-9(13)6-4-3-5-7(10)8(6)11/h3-5H,1-2H2,(H,12,13). The molecule has 69 valence electrons. The van der Waals surface area contributed by atoms with Gasteiger partial charge in [-0.05, 0) is 19.1 Å². The van der Waals surface area contributed by atoms with Gasteiger partial charge in [-0.3, -0.25) is 4.79 Å². The van der Waals surface area contributed by atoms with Crippen molar-refractivity contribution in [2.24, 2.45) is 0 Å². The second kappa shape index (κ2) is 4.49. The third-order valence-corrected chi connectivity index (χ3v) is 2.30. The van der Waals surface area contributed by atoms with Gasteiger partial charge < -0.3 is 5.32 Å². The quantitative estimate of drug-likeness (QED) is 0.810. The van der Waals surface area contributed by atoms with Crippen molar-refractivity contribution in [3.63, 3.8) is 0 Å². The Morgan fingerprint density at radius 2 is 2.15 bits per heavy atom. The summed E-state index contributed by atoms with van der Waals surface area (Å²) in [7, 11) is 0. The average Bonchev–Trinajstić information content (AvgIpc) is 2.10. The molecule has 0 aliphatic rings. The van der Waals surface area contributed by atoms with Crippen LogP contribution in [0.5, 0.6) is 0 Å². The van der Waals surface area contributed by atoms with E-state index >= 15 is 0 Å². The Hall–Kier alpha value is -0.730. The van der Waals surface area contributed by atoms with Crippen molar-refractivity contribution >= 4 is 29.1 Å². The van der Waals surface area contributed by atoms with Crippen molar-refractivity contribution in [3.8, 4) is 0 Å². The third-order valence-electron chi connectivity index (χ3n) is 1.48. The van der Waals surface area contributed by atoms with Crippen LogP contribution >= 0.6 is 23.2 Å². The number of nitrogens with one attached hydrogen (secondary N) is 1. The predicted octanol–water partition coefficient (Wildman–Crippen LogP) is 2.56. The lowest BCUT2D eigenvalue weighted by atomic mass is 10.2. The Morgan fingerprint density at radius 3 is 2.77 bits per heavy atom. The molecule has 1 rings (SSSR count). The summed E-state index contributed by atoms with van der Waals surface area (Å²) in [5.74, 6) is -0.262. The smallest absolute Gasteiger partial charge is 0.252 e. The predicted molar refractivity (Wildman–Crippen MR) is 54.2 cm³/mol. The lowest BCUT2D eigenvalue weighted by Gasteiger charge is -2.04. The lowest BCUT2D eigenvalue weighted by Crippen LogP contribution is -2.23. The molecule has 0 bridgehead atoms. The molecular formula is C9H8Cl2NO. The molecule has 0 atom stereocenters. The third kappa shape index (κ3) is 2.36. The summed E-state index contributed by atoms with van der Waals surface area (Å²) in [5, 5.41) is 3.18. The fourth-order valence-corrected chi connectivity index (χ4v) is 1.27. The summed E-state index contributed by atoms with van der Waals surface area (Å²) >= 11 is 11.5. The number of benzene rings is 1. The van der Waals surface area contributed by atoms with Crippen LogP contribution in [0.2, 0.25) is 10.0 Å². The van der Waals surface area contributed by atoms with Crippen LogP contribution < -0.4 is 5.32 Å². The Labute approximate surface area is 86.8 Å². The Bertz CT molecular complexity index is 325. The molecule has 4 heteroatoms. The first-order valence-corrected chi connectivity index (χ1v) is 4.44. The first kappa shape index (κ1) is 10.4. The fourth-order valence-electron chi connectivity index (χ4n) is 0.888. The summed E-state index contributed by atoms with van der Waals surface area (Å²) in [6, 6.07) is 4.91. The number of amides is 1. The highest BCUT2D eigenvalue weighted by molar-refractivity contribution is 6.43. The van der Waals surface area contributed by atoms with E-state index in [9.17, 15) is 4.79 Å². The number of rotatable bonds is 2. The van der Waals surface area contributed by atoms with Crippen molar-refractivity contribution < 1.29 is 4.79 Å². The number of carbonyl (C=O) groups is 1. The van der Waals surface area contributed by atoms with E-state index < -0.39 is 0 Å². The summed E-state index contributed by atoms with van der Waals surface area (Å²) in [4.78, 5) is 11.3. The molecule has 0 aromatic heterocycles. The van der Waals surface area contributed by atoms with Gasteiger partial charge in [-0.15, -0.1) is 0 Å². The molecule has 0 saturated heterocycles. The maximum absolute atomic E-state index is 11.3. The fraction of sp³-hybridized carbons (Fsp3) is 0.111. The van der Waals surface area contributed by atoms with Gasteiger partial charge in [0, 0.05) is 6.54 Å². The summed E-state index contributed by atoms with van der Waals surface area (Å²) in [6.07, 6.45) is 0. The van der Waals surface area contributed by atoms with Gasteiger partial charge >= 0.3 is 0 Å². The van der Waals surface area contributed by atoms with Crippen LogP contribution in [-0.2, 0) is 0 Å². The van der Waals surface area contributed by atoms with Gasteiger partial charge in [0.2, 0.25) is 0 Å². The number of hydrogen-bond donors (Lipinski definition) is 1. The minimum absolute atomic E-state index is 0.262. The molecule has 1 aromatic rings. The normalized spacial score (nSPS) is 9.77. The maximum atomic E-state index is 11.3. The molecule has 1 radical (unpaired) electrons. The van der Waals surface area contributed by atoms with E-state index in [4.69, 9.17) is 23.2 Å². The van der Waals surface area contributed by atoms with E-state index in [1.807, 2.05) is 0 Å². The highest BCUT2D eigenvalue weighted by Crippen LogP contribution is 2.25. The molecule has 1 N–H and O–H groups in total. The van der Waals surface area contributed by atoms with E-state index in [0.717, 1.165) is 0 Å². The molecule has 0 aliphatic carbocycles. The molecule has 0 heterocycles. The SMILES string of the molecule is [CH2]CNC(=O)c1cccc(Cl)c1Cl. The van der Waals surface area contributed by atoms with Gasteiger partial charge in [0.1, 0.15) is 0 Å². The Morgan fingerprint density at radius 1 is 1.46 bits per heavy atom. The van der Waals surface area contributed by atoms with Crippen LogP contribution in [0.15, 0.2) is 18.2 Å². The average molecular weight is 217 g/mol. The second-order valence-corrected chi connectivity index (χ2v) is 3.14. The van der Waals surface area contributed by atoms with E-state index in [-0.39, 0.29) is 10.9 Å². The first-order chi connectivity index (χ1) is 6.16. The van der Waals surface area contributed by atoms with Crippen LogP contribution in [0.1, 0.15) is 10.4 Å². The summed E-state index contributed by atoms with van der Waals surface area (Å²) in [5.41, 5.74) is 0.373. The van der Waals surface area contributed by atoms with E-state index in [2.05, 4.69) is 12.2 Å². The molecule has 2 nitrogen and oxygen atoms in total. The minimum atomic E-state index is -0.262. The monoisotopic (exact) mass is 216 g/mol. The van der Waals surface area contributed by atoms with Gasteiger partial charge in [0.15, 0.2) is 0 Å². The van der Waals surface area contributed by atoms with Crippen LogP contribution in [0, 0.1) is 6.92 Å². The van der Waals surface area contributed by atoms with Crippen LogP contribution in [-0.4, -0.2) is 12.5 Å². The molecule has 0 spiro atoms. The first-order valence-electron chi connectivity index (χ1n) is 3.68. The summed E-state index contributed by atoms with van der Waals surface area (Å²) in [6.45, 7) is 3.82. The Kier molecular flexibility index (Phi) is 3.58. The number of carbonyl (C=O) groups excluding carboxylic acids is 1. The van der Waals surface area contributed by atoms with E-state index in [1.54, 1.807) is 18.2 Å². The van der Waals surface area contributed by atoms with Gasteiger partial charge in [-0.1, -0.05) is 29.3 Å². The molecule has 0 saturated carbocycles. The molecule has 1 amide bonds. The van der Waals surface area contributed by atoms with Crippen molar-refractivity contribution in [2.75, 3.05) is 6.54 Å². The van der Waals surface area contributed by atoms with Crippen molar-refractivity contribution in [1.82, 2.24) is 5.32 Å². The van der Waals surface area contributed by atoms with Crippen LogP contribution in [0.3, 0.4) is 0 Å². The topological polar surface area (TPSA) is 29.1 Å². The van der Waals surface area contributed by atoms with E-state index in [1.165, 1.54) is 0 Å². The van der Waals surface area contributed by atoms with Crippen molar-refractivity contribution in [3.05, 3.63) is 40.7 Å². The van der Waals surface area contributed by atoms with Crippen LogP contribution in [0.4, 0.5) is 0 Å². The molecular weight excluding hydrogens is 209 g/mol. The van der Waals surface area contributed by atoms with Gasteiger partial charge in [-0.2, -0.15) is 0 Å². The van der Waals surface area contributed by atoms with Gasteiger partial charge in [0.05, 0.1) is 15.6 Å². The second-order valence-electron chi connectivity index (χ2n) is 2.36. The molecule has 0 unspecified atom stereocenters. The number of halogens is 2. The minimum Gasteiger partial charge on any atom is -0.352 e. The Balaban J connectivity index is 3.01. The summed E-state index contributed by atoms with van der Waals surface area (Å²) < 4.78 is 0.